The van der Waals surface area contributed by atoms with E-state index in [1.165, 1.54) is 0 Å². The molecule has 0 radical (unpaired) electrons. The molecule has 4 rings (SSSR count). The van der Waals surface area contributed by atoms with Crippen molar-refractivity contribution in [1.82, 2.24) is 0 Å². The van der Waals surface area contributed by atoms with Gasteiger partial charge in [-0.15, -0.1) is 0 Å². The summed E-state index contributed by atoms with van der Waals surface area (Å²) in [5.74, 6) is -1.24. The van der Waals surface area contributed by atoms with Crippen molar-refractivity contribution in [1.29, 1.82) is 0 Å². The van der Waals surface area contributed by atoms with Gasteiger partial charge in [-0.3, -0.25) is 14.4 Å². The van der Waals surface area contributed by atoms with Crippen molar-refractivity contribution in [3.05, 3.63) is 101 Å². The Morgan fingerprint density at radius 1 is 0.882 bits per heavy atom. The fourth-order valence-electron chi connectivity index (χ4n) is 3.77. The predicted octanol–water partition coefficient (Wildman–Crippen LogP) is 5.35. The summed E-state index contributed by atoms with van der Waals surface area (Å²) in [6.07, 6.45) is 0.855. The molecule has 34 heavy (non-hydrogen) atoms. The van der Waals surface area contributed by atoms with Crippen molar-refractivity contribution >= 4 is 46.4 Å². The fourth-order valence-corrected chi connectivity index (χ4v) is 3.99. The molecule has 1 heterocycles. The largest absolute Gasteiger partial charge is 0.350 e. The minimum absolute atomic E-state index is 0.00443. The zero-order valence-corrected chi connectivity index (χ0v) is 19.7. The van der Waals surface area contributed by atoms with E-state index in [0.29, 0.717) is 23.5 Å². The van der Waals surface area contributed by atoms with Gasteiger partial charge in [0.1, 0.15) is 10.7 Å². The summed E-state index contributed by atoms with van der Waals surface area (Å²) < 4.78 is 0. The van der Waals surface area contributed by atoms with Crippen LogP contribution in [0.25, 0.3) is 0 Å². The van der Waals surface area contributed by atoms with Gasteiger partial charge in [-0.25, -0.2) is 4.90 Å². The summed E-state index contributed by atoms with van der Waals surface area (Å²) in [6, 6.07) is 23.4. The Labute approximate surface area is 203 Å². The van der Waals surface area contributed by atoms with E-state index in [1.54, 1.807) is 41.3 Å². The van der Waals surface area contributed by atoms with E-state index in [1.807, 2.05) is 56.3 Å². The number of halogens is 1. The Morgan fingerprint density at radius 3 is 2.12 bits per heavy atom. The SMILES string of the molecule is CCc1ccc(N2C(=O)C(Cl)=C(Nc3ccc(C(=O)N(CC)c4ccccc4)cc3)C2=O)cc1. The lowest BCUT2D eigenvalue weighted by Crippen LogP contribution is -2.32. The quantitative estimate of drug-likeness (QED) is 0.469. The first-order valence-corrected chi connectivity index (χ1v) is 11.4. The van der Waals surface area contributed by atoms with Crippen LogP contribution in [0.5, 0.6) is 0 Å². The summed E-state index contributed by atoms with van der Waals surface area (Å²) in [4.78, 5) is 41.4. The van der Waals surface area contributed by atoms with E-state index in [-0.39, 0.29) is 16.6 Å². The average molecular weight is 474 g/mol. The Hall–Kier alpha value is -3.90. The lowest BCUT2D eigenvalue weighted by atomic mass is 10.1. The van der Waals surface area contributed by atoms with Gasteiger partial charge in [0.05, 0.1) is 5.69 Å². The van der Waals surface area contributed by atoms with Gasteiger partial charge < -0.3 is 10.2 Å². The summed E-state index contributed by atoms with van der Waals surface area (Å²) >= 11 is 6.23. The van der Waals surface area contributed by atoms with Gasteiger partial charge in [-0.1, -0.05) is 48.9 Å². The van der Waals surface area contributed by atoms with Crippen LogP contribution in [-0.2, 0) is 16.0 Å². The van der Waals surface area contributed by atoms with Crippen molar-refractivity contribution in [3.63, 3.8) is 0 Å². The number of imide groups is 1. The molecule has 0 fully saturated rings. The van der Waals surface area contributed by atoms with Crippen LogP contribution >= 0.6 is 11.6 Å². The van der Waals surface area contributed by atoms with Crippen LogP contribution in [0.4, 0.5) is 17.1 Å². The summed E-state index contributed by atoms with van der Waals surface area (Å²) in [6.45, 7) is 4.47. The van der Waals surface area contributed by atoms with Crippen LogP contribution in [0.3, 0.4) is 0 Å². The van der Waals surface area contributed by atoms with Crippen LogP contribution in [-0.4, -0.2) is 24.3 Å². The van der Waals surface area contributed by atoms with Crippen LogP contribution in [0.2, 0.25) is 0 Å². The molecule has 1 aliphatic heterocycles. The molecule has 6 nitrogen and oxygen atoms in total. The van der Waals surface area contributed by atoms with Gasteiger partial charge in [0.15, 0.2) is 0 Å². The van der Waals surface area contributed by atoms with Crippen LogP contribution in [0, 0.1) is 0 Å². The second kappa shape index (κ2) is 9.93. The monoisotopic (exact) mass is 473 g/mol. The molecule has 3 aromatic carbocycles. The number of para-hydroxylation sites is 1. The van der Waals surface area contributed by atoms with Crippen molar-refractivity contribution in [2.75, 3.05) is 21.7 Å². The molecule has 0 saturated carbocycles. The highest BCUT2D eigenvalue weighted by Gasteiger charge is 2.38. The van der Waals surface area contributed by atoms with Crippen LogP contribution in [0.1, 0.15) is 29.8 Å². The molecule has 0 bridgehead atoms. The van der Waals surface area contributed by atoms with Crippen molar-refractivity contribution in [2.24, 2.45) is 0 Å². The van der Waals surface area contributed by atoms with E-state index in [2.05, 4.69) is 5.32 Å². The molecule has 3 amide bonds. The number of carbonyl (C=O) groups excluding carboxylic acids is 3. The number of hydrogen-bond donors (Lipinski definition) is 1. The van der Waals surface area contributed by atoms with E-state index >= 15 is 0 Å². The Kier molecular flexibility index (Phi) is 6.80. The lowest BCUT2D eigenvalue weighted by molar-refractivity contribution is -0.120. The van der Waals surface area contributed by atoms with Crippen LogP contribution < -0.4 is 15.1 Å². The van der Waals surface area contributed by atoms with Gasteiger partial charge in [0.25, 0.3) is 17.7 Å². The third-order valence-electron chi connectivity index (χ3n) is 5.66. The topological polar surface area (TPSA) is 69.7 Å². The predicted molar refractivity (Wildman–Crippen MR) is 135 cm³/mol. The number of amides is 3. The minimum Gasteiger partial charge on any atom is -0.350 e. The fraction of sp³-hybridized carbons (Fsp3) is 0.148. The number of nitrogens with zero attached hydrogens (tertiary/aromatic N) is 2. The highest BCUT2D eigenvalue weighted by molar-refractivity contribution is 6.53. The highest BCUT2D eigenvalue weighted by atomic mass is 35.5. The van der Waals surface area contributed by atoms with Gasteiger partial charge in [-0.05, 0) is 67.4 Å². The molecule has 0 aromatic heterocycles. The normalized spacial score (nSPS) is 13.4. The Bertz CT molecular complexity index is 1250. The molecular formula is C27H24ClN3O3. The average Bonchev–Trinajstić information content (AvgIpc) is 3.08. The number of carbonyl (C=O) groups is 3. The van der Waals surface area contributed by atoms with Crippen molar-refractivity contribution < 1.29 is 14.4 Å². The molecule has 0 spiro atoms. The van der Waals surface area contributed by atoms with Crippen molar-refractivity contribution in [2.45, 2.75) is 20.3 Å². The summed E-state index contributed by atoms with van der Waals surface area (Å²) in [7, 11) is 0. The molecule has 172 valence electrons. The smallest absolute Gasteiger partial charge is 0.283 e. The summed E-state index contributed by atoms with van der Waals surface area (Å²) in [5.41, 5.74) is 3.42. The molecule has 0 saturated heterocycles. The lowest BCUT2D eigenvalue weighted by Gasteiger charge is -2.21. The van der Waals surface area contributed by atoms with E-state index in [0.717, 1.165) is 22.6 Å². The first-order valence-electron chi connectivity index (χ1n) is 11.1. The molecule has 3 aromatic rings. The van der Waals surface area contributed by atoms with Gasteiger partial charge in [0.2, 0.25) is 0 Å². The second-order valence-electron chi connectivity index (χ2n) is 7.74. The van der Waals surface area contributed by atoms with E-state index in [4.69, 9.17) is 11.6 Å². The molecule has 1 aliphatic rings. The van der Waals surface area contributed by atoms with Gasteiger partial charge in [0, 0.05) is 23.5 Å². The number of hydrogen-bond acceptors (Lipinski definition) is 4. The third kappa shape index (κ3) is 4.45. The van der Waals surface area contributed by atoms with Crippen LogP contribution in [0.15, 0.2) is 89.6 Å². The molecular weight excluding hydrogens is 450 g/mol. The number of aryl methyl sites for hydroxylation is 1. The molecule has 7 heteroatoms. The summed E-state index contributed by atoms with van der Waals surface area (Å²) in [5, 5.41) is 2.77. The number of anilines is 3. The maximum Gasteiger partial charge on any atom is 0.283 e. The maximum absolute atomic E-state index is 13.0. The molecule has 0 unspecified atom stereocenters. The molecule has 0 atom stereocenters. The maximum atomic E-state index is 13.0. The number of nitrogens with one attached hydrogen (secondary N) is 1. The first-order chi connectivity index (χ1) is 16.4. The second-order valence-corrected chi connectivity index (χ2v) is 8.12. The first kappa shape index (κ1) is 23.3. The number of rotatable bonds is 7. The van der Waals surface area contributed by atoms with Gasteiger partial charge in [-0.2, -0.15) is 0 Å². The Morgan fingerprint density at radius 2 is 1.53 bits per heavy atom. The van der Waals surface area contributed by atoms with Crippen molar-refractivity contribution in [3.8, 4) is 0 Å². The minimum atomic E-state index is -0.577. The zero-order valence-electron chi connectivity index (χ0n) is 18.9. The van der Waals surface area contributed by atoms with E-state index in [9.17, 15) is 14.4 Å². The Balaban J connectivity index is 1.51. The zero-order chi connectivity index (χ0) is 24.2. The number of benzene rings is 3. The molecule has 0 aliphatic carbocycles. The van der Waals surface area contributed by atoms with Gasteiger partial charge >= 0.3 is 0 Å². The third-order valence-corrected chi connectivity index (χ3v) is 6.01. The standard InChI is InChI=1S/C27H24ClN3O3/c1-3-18-10-16-22(17-11-18)31-26(33)23(28)24(27(31)34)29-20-14-12-19(13-15-20)25(32)30(4-2)21-8-6-5-7-9-21/h5-17,29H,3-4H2,1-2H3. The molecule has 1 N–H and O–H groups in total. The highest BCUT2D eigenvalue weighted by Crippen LogP contribution is 2.30. The van der Waals surface area contributed by atoms with E-state index < -0.39 is 11.8 Å².